The number of aromatic nitrogens is 2. The molecule has 2 heterocycles. The smallest absolute Gasteiger partial charge is 0.410 e. The van der Waals surface area contributed by atoms with Crippen LogP contribution >= 0.6 is 0 Å². The molecule has 0 spiro atoms. The van der Waals surface area contributed by atoms with E-state index in [4.69, 9.17) is 4.74 Å². The van der Waals surface area contributed by atoms with E-state index >= 15 is 0 Å². The third-order valence-corrected chi connectivity index (χ3v) is 5.62. The predicted molar refractivity (Wildman–Crippen MR) is 113 cm³/mol. The molecule has 160 valence electrons. The van der Waals surface area contributed by atoms with Crippen LogP contribution in [0.3, 0.4) is 0 Å². The van der Waals surface area contributed by atoms with E-state index in [9.17, 15) is 14.7 Å². The minimum Gasteiger partial charge on any atom is -0.478 e. The quantitative estimate of drug-likeness (QED) is 0.818. The average Bonchev–Trinajstić information content (AvgIpc) is 3.51. The maximum Gasteiger partial charge on any atom is 0.410 e. The van der Waals surface area contributed by atoms with E-state index in [1.165, 1.54) is 6.33 Å². The maximum absolute atomic E-state index is 12.8. The molecule has 0 unspecified atom stereocenters. The van der Waals surface area contributed by atoms with Crippen molar-refractivity contribution in [2.24, 2.45) is 0 Å². The maximum atomic E-state index is 12.8. The number of benzene rings is 1. The van der Waals surface area contributed by atoms with Gasteiger partial charge in [0.2, 0.25) is 0 Å². The SMILES string of the molecule is CC(C)(C)OC(=O)N(C1CC1)C1CCN(c2ccc(C(=O)O)c3ncncc23)CC1. The van der Waals surface area contributed by atoms with Crippen molar-refractivity contribution in [3.05, 3.63) is 30.2 Å². The summed E-state index contributed by atoms with van der Waals surface area (Å²) in [4.78, 5) is 36.8. The van der Waals surface area contributed by atoms with Gasteiger partial charge in [-0.2, -0.15) is 0 Å². The van der Waals surface area contributed by atoms with Crippen molar-refractivity contribution in [3.8, 4) is 0 Å². The predicted octanol–water partition coefficient (Wildman–Crippen LogP) is 3.70. The number of carboxylic acids is 1. The molecule has 1 aromatic carbocycles. The second-order valence-electron chi connectivity index (χ2n) is 9.06. The van der Waals surface area contributed by atoms with Crippen LogP contribution in [0.1, 0.15) is 56.8 Å². The van der Waals surface area contributed by atoms with Crippen molar-refractivity contribution in [1.82, 2.24) is 14.9 Å². The Morgan fingerprint density at radius 2 is 1.80 bits per heavy atom. The van der Waals surface area contributed by atoms with Crippen molar-refractivity contribution in [2.45, 2.75) is 64.1 Å². The lowest BCUT2D eigenvalue weighted by molar-refractivity contribution is 0.0113. The second-order valence-corrected chi connectivity index (χ2v) is 9.06. The lowest BCUT2D eigenvalue weighted by Gasteiger charge is -2.40. The molecule has 0 atom stereocenters. The van der Waals surface area contributed by atoms with Crippen LogP contribution < -0.4 is 4.90 Å². The van der Waals surface area contributed by atoms with E-state index < -0.39 is 11.6 Å². The molecule has 2 fully saturated rings. The number of hydrogen-bond donors (Lipinski definition) is 1. The van der Waals surface area contributed by atoms with E-state index in [0.717, 1.165) is 49.8 Å². The first-order valence-electron chi connectivity index (χ1n) is 10.5. The number of rotatable bonds is 4. The summed E-state index contributed by atoms with van der Waals surface area (Å²) in [6, 6.07) is 3.89. The Kier molecular flexibility index (Phi) is 5.26. The summed E-state index contributed by atoms with van der Waals surface area (Å²) in [5, 5.41) is 10.2. The van der Waals surface area contributed by atoms with Crippen molar-refractivity contribution in [1.29, 1.82) is 0 Å². The molecule has 0 radical (unpaired) electrons. The number of piperidine rings is 1. The number of nitrogens with zero attached hydrogens (tertiary/aromatic N) is 4. The van der Waals surface area contributed by atoms with Crippen molar-refractivity contribution in [3.63, 3.8) is 0 Å². The number of aromatic carboxylic acids is 1. The molecule has 1 amide bonds. The molecule has 8 heteroatoms. The lowest BCUT2D eigenvalue weighted by atomic mass is 10.0. The number of ether oxygens (including phenoxy) is 1. The molecular weight excluding hydrogens is 384 g/mol. The van der Waals surface area contributed by atoms with Gasteiger partial charge in [0.1, 0.15) is 11.9 Å². The summed E-state index contributed by atoms with van der Waals surface area (Å²) in [6.45, 7) is 7.23. The van der Waals surface area contributed by atoms with Crippen LogP contribution in [0.15, 0.2) is 24.7 Å². The van der Waals surface area contributed by atoms with Gasteiger partial charge in [0, 0.05) is 42.4 Å². The molecule has 4 rings (SSSR count). The Morgan fingerprint density at radius 1 is 1.13 bits per heavy atom. The monoisotopic (exact) mass is 412 g/mol. The molecule has 0 bridgehead atoms. The zero-order valence-corrected chi connectivity index (χ0v) is 17.7. The fourth-order valence-corrected chi connectivity index (χ4v) is 4.16. The van der Waals surface area contributed by atoms with E-state index in [1.54, 1.807) is 12.3 Å². The highest BCUT2D eigenvalue weighted by molar-refractivity contribution is 6.05. The molecule has 2 aromatic rings. The van der Waals surface area contributed by atoms with Gasteiger partial charge >= 0.3 is 12.1 Å². The normalized spacial score (nSPS) is 17.8. The van der Waals surface area contributed by atoms with E-state index in [2.05, 4.69) is 14.9 Å². The molecule has 1 saturated heterocycles. The highest BCUT2D eigenvalue weighted by Gasteiger charge is 2.40. The van der Waals surface area contributed by atoms with Gasteiger partial charge in [0.05, 0.1) is 11.1 Å². The molecule has 1 saturated carbocycles. The van der Waals surface area contributed by atoms with Crippen LogP contribution in [0.2, 0.25) is 0 Å². The van der Waals surface area contributed by atoms with Gasteiger partial charge in [-0.15, -0.1) is 0 Å². The second kappa shape index (κ2) is 7.74. The Hall–Kier alpha value is -2.90. The number of anilines is 1. The molecule has 1 N–H and O–H groups in total. The van der Waals surface area contributed by atoms with E-state index in [0.29, 0.717) is 11.6 Å². The fourth-order valence-electron chi connectivity index (χ4n) is 4.16. The van der Waals surface area contributed by atoms with Crippen LogP contribution in [0.4, 0.5) is 10.5 Å². The molecule has 2 aliphatic rings. The van der Waals surface area contributed by atoms with Crippen LogP contribution in [0, 0.1) is 0 Å². The lowest BCUT2D eigenvalue weighted by Crippen LogP contribution is -2.50. The number of carboxylic acid groups (broad SMARTS) is 1. The zero-order chi connectivity index (χ0) is 21.5. The van der Waals surface area contributed by atoms with E-state index in [-0.39, 0.29) is 17.7 Å². The summed E-state index contributed by atoms with van der Waals surface area (Å²) in [7, 11) is 0. The van der Waals surface area contributed by atoms with Gasteiger partial charge < -0.3 is 19.6 Å². The first kappa shape index (κ1) is 20.4. The Bertz CT molecular complexity index is 959. The number of hydrogen-bond acceptors (Lipinski definition) is 6. The van der Waals surface area contributed by atoms with Crippen LogP contribution in [-0.2, 0) is 4.74 Å². The van der Waals surface area contributed by atoms with Crippen LogP contribution in [0.5, 0.6) is 0 Å². The average molecular weight is 412 g/mol. The van der Waals surface area contributed by atoms with Gasteiger partial charge in [0.15, 0.2) is 0 Å². The number of carbonyl (C=O) groups excluding carboxylic acids is 1. The molecule has 1 aliphatic carbocycles. The topological polar surface area (TPSA) is 95.9 Å². The highest BCUT2D eigenvalue weighted by atomic mass is 16.6. The first-order chi connectivity index (χ1) is 14.2. The first-order valence-corrected chi connectivity index (χ1v) is 10.5. The van der Waals surface area contributed by atoms with Crippen molar-refractivity contribution in [2.75, 3.05) is 18.0 Å². The van der Waals surface area contributed by atoms with Crippen LogP contribution in [0.25, 0.3) is 10.9 Å². The standard InChI is InChI=1S/C22H28N4O4/c1-22(2,3)30-21(29)26(14-4-5-14)15-8-10-25(11-9-15)18-7-6-16(20(27)28)19-17(18)12-23-13-24-19/h6-7,12-15H,4-5,8-11H2,1-3H3,(H,27,28). The zero-order valence-electron chi connectivity index (χ0n) is 17.7. The van der Waals surface area contributed by atoms with Gasteiger partial charge in [0.25, 0.3) is 0 Å². The summed E-state index contributed by atoms with van der Waals surface area (Å²) in [5.74, 6) is -0.999. The summed E-state index contributed by atoms with van der Waals surface area (Å²) in [6.07, 6.45) is 6.59. The Labute approximate surface area is 175 Å². The Balaban J connectivity index is 1.51. The van der Waals surface area contributed by atoms with Crippen molar-refractivity contribution < 1.29 is 19.4 Å². The third kappa shape index (κ3) is 4.17. The van der Waals surface area contributed by atoms with Crippen LogP contribution in [-0.4, -0.2) is 62.8 Å². The van der Waals surface area contributed by atoms with Gasteiger partial charge in [-0.25, -0.2) is 19.6 Å². The summed E-state index contributed by atoms with van der Waals surface area (Å²) in [5.41, 5.74) is 1.06. The molecule has 8 nitrogen and oxygen atoms in total. The largest absolute Gasteiger partial charge is 0.478 e. The Morgan fingerprint density at radius 3 is 2.40 bits per heavy atom. The molecule has 30 heavy (non-hydrogen) atoms. The minimum absolute atomic E-state index is 0.157. The van der Waals surface area contributed by atoms with Gasteiger partial charge in [-0.1, -0.05) is 0 Å². The highest BCUT2D eigenvalue weighted by Crippen LogP contribution is 2.35. The van der Waals surface area contributed by atoms with Crippen molar-refractivity contribution >= 4 is 28.7 Å². The molecule has 1 aromatic heterocycles. The minimum atomic E-state index is -0.999. The van der Waals surface area contributed by atoms with Gasteiger partial charge in [-0.3, -0.25) is 0 Å². The number of amides is 1. The van der Waals surface area contributed by atoms with Gasteiger partial charge in [-0.05, 0) is 58.6 Å². The van der Waals surface area contributed by atoms with E-state index in [1.807, 2.05) is 31.7 Å². The molecule has 1 aliphatic heterocycles. The fraction of sp³-hybridized carbons (Fsp3) is 0.545. The third-order valence-electron chi connectivity index (χ3n) is 5.62. The number of fused-ring (bicyclic) bond motifs is 1. The number of carbonyl (C=O) groups is 2. The summed E-state index contributed by atoms with van der Waals surface area (Å²) >= 11 is 0. The molecular formula is C22H28N4O4. The summed E-state index contributed by atoms with van der Waals surface area (Å²) < 4.78 is 5.66.